The summed E-state index contributed by atoms with van der Waals surface area (Å²) in [6.45, 7) is 7.47. The molecular weight excluding hydrogens is 118 g/mol. The van der Waals surface area contributed by atoms with Crippen molar-refractivity contribution in [3.63, 3.8) is 0 Å². The monoisotopic (exact) mass is 131 g/mol. The lowest BCUT2D eigenvalue weighted by Crippen LogP contribution is -1.51. The molecule has 48 valence electrons. The molecule has 0 aromatic heterocycles. The molecule has 0 N–H and O–H groups in total. The SMILES string of the molecule is C=CSC=NC.CC. The highest BCUT2D eigenvalue weighted by Gasteiger charge is 1.58. The van der Waals surface area contributed by atoms with E-state index in [4.69, 9.17) is 0 Å². The molecule has 1 nitrogen and oxygen atoms in total. The van der Waals surface area contributed by atoms with Gasteiger partial charge in [0, 0.05) is 7.05 Å². The Bertz CT molecular complexity index is 59.5. The standard InChI is InChI=1S/C4H7NS.C2H6/c1-3-6-4-5-2;1-2/h3-4H,1H2,2H3;1-2H3. The van der Waals surface area contributed by atoms with Crippen LogP contribution in [0.2, 0.25) is 0 Å². The number of rotatable bonds is 2. The zero-order valence-electron chi connectivity index (χ0n) is 5.72. The lowest BCUT2D eigenvalue weighted by Gasteiger charge is -1.70. The molecule has 0 bridgehead atoms. The van der Waals surface area contributed by atoms with Crippen LogP contribution >= 0.6 is 11.8 Å². The Morgan fingerprint density at radius 3 is 2.12 bits per heavy atom. The zero-order chi connectivity index (χ0) is 6.83. The average Bonchev–Trinajstić information content (AvgIpc) is 1.88. The summed E-state index contributed by atoms with van der Waals surface area (Å²) in [4.78, 5) is 3.69. The predicted octanol–water partition coefficient (Wildman–Crippen LogP) is 2.55. The van der Waals surface area contributed by atoms with Gasteiger partial charge in [0.1, 0.15) is 0 Å². The first-order valence-electron chi connectivity index (χ1n) is 2.59. The van der Waals surface area contributed by atoms with E-state index < -0.39 is 0 Å². The maximum Gasteiger partial charge on any atom is 0.0579 e. The fourth-order valence-corrected chi connectivity index (χ4v) is 0.312. The van der Waals surface area contributed by atoms with Crippen LogP contribution in [0.3, 0.4) is 0 Å². The molecule has 0 saturated heterocycles. The van der Waals surface area contributed by atoms with Crippen LogP contribution in [0, 0.1) is 0 Å². The molecule has 8 heavy (non-hydrogen) atoms. The zero-order valence-corrected chi connectivity index (χ0v) is 6.53. The fourth-order valence-electron chi connectivity index (χ4n) is 0.104. The van der Waals surface area contributed by atoms with Crippen molar-refractivity contribution in [3.8, 4) is 0 Å². The van der Waals surface area contributed by atoms with Crippen LogP contribution in [-0.4, -0.2) is 12.6 Å². The van der Waals surface area contributed by atoms with Gasteiger partial charge in [-0.05, 0) is 5.41 Å². The first-order valence-corrected chi connectivity index (χ1v) is 3.53. The van der Waals surface area contributed by atoms with Crippen molar-refractivity contribution in [2.24, 2.45) is 4.99 Å². The minimum atomic E-state index is 1.48. The Balaban J connectivity index is 0. The van der Waals surface area contributed by atoms with Crippen molar-refractivity contribution in [2.45, 2.75) is 13.8 Å². The molecule has 0 radical (unpaired) electrons. The van der Waals surface area contributed by atoms with Crippen LogP contribution in [0.25, 0.3) is 0 Å². The molecule has 0 fully saturated rings. The first kappa shape index (κ1) is 10.7. The van der Waals surface area contributed by atoms with Crippen molar-refractivity contribution >= 4 is 17.3 Å². The Morgan fingerprint density at radius 2 is 2.00 bits per heavy atom. The van der Waals surface area contributed by atoms with Gasteiger partial charge in [-0.2, -0.15) is 0 Å². The maximum atomic E-state index is 3.69. The fraction of sp³-hybridized carbons (Fsp3) is 0.500. The summed E-state index contributed by atoms with van der Waals surface area (Å²) in [7, 11) is 1.73. The molecule has 0 aromatic rings. The number of hydrogen-bond acceptors (Lipinski definition) is 2. The summed E-state index contributed by atoms with van der Waals surface area (Å²) in [6.07, 6.45) is 0. The molecule has 0 aliphatic carbocycles. The summed E-state index contributed by atoms with van der Waals surface area (Å²) in [5.41, 5.74) is 1.73. The van der Waals surface area contributed by atoms with E-state index in [1.54, 1.807) is 18.0 Å². The highest BCUT2D eigenvalue weighted by atomic mass is 32.2. The Kier molecular flexibility index (Phi) is 21.2. The summed E-state index contributed by atoms with van der Waals surface area (Å²) >= 11 is 1.48. The van der Waals surface area contributed by atoms with E-state index in [1.165, 1.54) is 11.8 Å². The number of nitrogens with zero attached hydrogens (tertiary/aromatic N) is 1. The molecular formula is C6H13NS. The summed E-state index contributed by atoms with van der Waals surface area (Å²) in [5.74, 6) is 0. The molecule has 0 spiro atoms. The third kappa shape index (κ3) is 17.1. The van der Waals surface area contributed by atoms with Gasteiger partial charge >= 0.3 is 0 Å². The highest BCUT2D eigenvalue weighted by Crippen LogP contribution is 1.90. The van der Waals surface area contributed by atoms with Crippen LogP contribution in [0.15, 0.2) is 17.0 Å². The Labute approximate surface area is 55.9 Å². The lowest BCUT2D eigenvalue weighted by atomic mass is 11.0. The Hall–Kier alpha value is -0.240. The molecule has 0 atom stereocenters. The van der Waals surface area contributed by atoms with Crippen LogP contribution in [0.5, 0.6) is 0 Å². The van der Waals surface area contributed by atoms with Gasteiger partial charge in [-0.1, -0.05) is 32.2 Å². The quantitative estimate of drug-likeness (QED) is 0.414. The van der Waals surface area contributed by atoms with Gasteiger partial charge in [0.2, 0.25) is 0 Å². The molecule has 0 amide bonds. The van der Waals surface area contributed by atoms with Crippen molar-refractivity contribution < 1.29 is 0 Å². The molecule has 2 heteroatoms. The molecule has 0 aliphatic rings. The van der Waals surface area contributed by atoms with Crippen LogP contribution in [0.4, 0.5) is 0 Å². The molecule has 0 saturated carbocycles. The normalized spacial score (nSPS) is 7.88. The minimum Gasteiger partial charge on any atom is -0.289 e. The maximum absolute atomic E-state index is 3.69. The summed E-state index contributed by atoms with van der Waals surface area (Å²) < 4.78 is 0. The van der Waals surface area contributed by atoms with Gasteiger partial charge < -0.3 is 0 Å². The highest BCUT2D eigenvalue weighted by molar-refractivity contribution is 8.14. The molecule has 0 heterocycles. The second-order valence-corrected chi connectivity index (χ2v) is 1.48. The van der Waals surface area contributed by atoms with E-state index in [2.05, 4.69) is 11.6 Å². The number of hydrogen-bond donors (Lipinski definition) is 0. The van der Waals surface area contributed by atoms with E-state index in [1.807, 2.05) is 13.8 Å². The largest absolute Gasteiger partial charge is 0.289 e. The Morgan fingerprint density at radius 1 is 1.50 bits per heavy atom. The second-order valence-electron chi connectivity index (χ2n) is 0.666. The number of thioether (sulfide) groups is 1. The van der Waals surface area contributed by atoms with Gasteiger partial charge in [-0.15, -0.1) is 0 Å². The van der Waals surface area contributed by atoms with Crippen LogP contribution < -0.4 is 0 Å². The topological polar surface area (TPSA) is 12.4 Å². The van der Waals surface area contributed by atoms with Gasteiger partial charge in [-0.25, -0.2) is 0 Å². The molecule has 0 aromatic carbocycles. The molecule has 0 rings (SSSR count). The van der Waals surface area contributed by atoms with Crippen molar-refractivity contribution in [1.29, 1.82) is 0 Å². The lowest BCUT2D eigenvalue weighted by molar-refractivity contribution is 1.49. The van der Waals surface area contributed by atoms with E-state index in [0.29, 0.717) is 0 Å². The molecule has 0 aliphatic heterocycles. The molecule has 0 unspecified atom stereocenters. The predicted molar refractivity (Wildman–Crippen MR) is 43.6 cm³/mol. The van der Waals surface area contributed by atoms with Crippen molar-refractivity contribution in [2.75, 3.05) is 7.05 Å². The van der Waals surface area contributed by atoms with Crippen molar-refractivity contribution in [1.82, 2.24) is 0 Å². The van der Waals surface area contributed by atoms with Gasteiger partial charge in [0.05, 0.1) is 5.55 Å². The third-order valence-electron chi connectivity index (χ3n) is 0.262. The third-order valence-corrected chi connectivity index (χ3v) is 0.787. The van der Waals surface area contributed by atoms with Crippen LogP contribution in [0.1, 0.15) is 13.8 Å². The summed E-state index contributed by atoms with van der Waals surface area (Å²) in [6, 6.07) is 0. The minimum absolute atomic E-state index is 1.48. The van der Waals surface area contributed by atoms with Gasteiger partial charge in [0.25, 0.3) is 0 Å². The van der Waals surface area contributed by atoms with E-state index in [-0.39, 0.29) is 0 Å². The van der Waals surface area contributed by atoms with Gasteiger partial charge in [0.15, 0.2) is 0 Å². The van der Waals surface area contributed by atoms with Gasteiger partial charge in [-0.3, -0.25) is 4.99 Å². The van der Waals surface area contributed by atoms with Crippen LogP contribution in [-0.2, 0) is 0 Å². The smallest absolute Gasteiger partial charge is 0.0579 e. The van der Waals surface area contributed by atoms with Crippen molar-refractivity contribution in [3.05, 3.63) is 12.0 Å². The van der Waals surface area contributed by atoms with E-state index >= 15 is 0 Å². The average molecular weight is 131 g/mol. The van der Waals surface area contributed by atoms with E-state index in [0.717, 1.165) is 0 Å². The van der Waals surface area contributed by atoms with E-state index in [9.17, 15) is 0 Å². The first-order chi connectivity index (χ1) is 3.91. The number of aliphatic imine (C=N–C) groups is 1. The summed E-state index contributed by atoms with van der Waals surface area (Å²) in [5, 5.41) is 1.73. The second kappa shape index (κ2) is 15.9.